The normalized spacial score (nSPS) is 10.9. The van der Waals surface area contributed by atoms with E-state index in [1.165, 1.54) is 0 Å². The van der Waals surface area contributed by atoms with Gasteiger partial charge in [-0.25, -0.2) is 15.0 Å². The third-order valence-electron chi connectivity index (χ3n) is 3.64. The van der Waals surface area contributed by atoms with Crippen molar-refractivity contribution in [1.82, 2.24) is 15.0 Å². The van der Waals surface area contributed by atoms with Gasteiger partial charge < -0.3 is 9.73 Å². The summed E-state index contributed by atoms with van der Waals surface area (Å²) in [5.74, 6) is 0.988. The summed E-state index contributed by atoms with van der Waals surface area (Å²) >= 11 is 5.97. The minimum atomic E-state index is 0.467. The summed E-state index contributed by atoms with van der Waals surface area (Å²) in [4.78, 5) is 13.1. The number of anilines is 2. The fraction of sp³-hybridized carbons (Fsp3) is 0.0556. The van der Waals surface area contributed by atoms with Crippen molar-refractivity contribution in [3.05, 3.63) is 65.4 Å². The molecule has 5 nitrogen and oxygen atoms in total. The van der Waals surface area contributed by atoms with E-state index in [9.17, 15) is 0 Å². The summed E-state index contributed by atoms with van der Waals surface area (Å²) < 4.78 is 5.72. The molecule has 1 N–H and O–H groups in total. The molecule has 0 aliphatic heterocycles. The Hall–Kier alpha value is -2.92. The van der Waals surface area contributed by atoms with Crippen LogP contribution in [0.15, 0.2) is 59.3 Å². The number of halogens is 1. The first-order valence-corrected chi connectivity index (χ1v) is 7.78. The summed E-state index contributed by atoms with van der Waals surface area (Å²) in [7, 11) is 0. The van der Waals surface area contributed by atoms with E-state index >= 15 is 0 Å². The SMILES string of the molecule is Cc1ccccc1Nc1ncc(-c2nc3cc(Cl)ccc3o2)cn1. The number of rotatable bonds is 3. The Bertz CT molecular complexity index is 1010. The van der Waals surface area contributed by atoms with E-state index in [1.807, 2.05) is 31.2 Å². The molecule has 0 aliphatic carbocycles. The predicted molar refractivity (Wildman–Crippen MR) is 94.5 cm³/mol. The van der Waals surface area contributed by atoms with Gasteiger partial charge in [0, 0.05) is 23.1 Å². The third-order valence-corrected chi connectivity index (χ3v) is 3.88. The van der Waals surface area contributed by atoms with Crippen LogP contribution in [-0.4, -0.2) is 15.0 Å². The quantitative estimate of drug-likeness (QED) is 0.571. The first-order valence-electron chi connectivity index (χ1n) is 7.40. The molecule has 2 aromatic heterocycles. The molecule has 0 atom stereocenters. The maximum absolute atomic E-state index is 5.97. The van der Waals surface area contributed by atoms with E-state index in [0.717, 1.165) is 11.3 Å². The molecule has 0 saturated heterocycles. The highest BCUT2D eigenvalue weighted by molar-refractivity contribution is 6.31. The van der Waals surface area contributed by atoms with Crippen molar-refractivity contribution in [2.45, 2.75) is 6.92 Å². The number of aryl methyl sites for hydroxylation is 1. The number of aromatic nitrogens is 3. The number of oxazole rings is 1. The third kappa shape index (κ3) is 2.81. The molecule has 24 heavy (non-hydrogen) atoms. The highest BCUT2D eigenvalue weighted by Gasteiger charge is 2.10. The van der Waals surface area contributed by atoms with Gasteiger partial charge in [-0.05, 0) is 36.8 Å². The number of benzene rings is 2. The van der Waals surface area contributed by atoms with Crippen molar-refractivity contribution in [3.8, 4) is 11.5 Å². The minimum absolute atomic E-state index is 0.467. The van der Waals surface area contributed by atoms with Crippen LogP contribution in [0.2, 0.25) is 5.02 Å². The first-order chi connectivity index (χ1) is 11.7. The molecule has 6 heteroatoms. The Morgan fingerprint density at radius 2 is 1.83 bits per heavy atom. The van der Waals surface area contributed by atoms with Gasteiger partial charge in [-0.1, -0.05) is 29.8 Å². The van der Waals surface area contributed by atoms with Gasteiger partial charge >= 0.3 is 0 Å². The lowest BCUT2D eigenvalue weighted by Crippen LogP contribution is -1.98. The van der Waals surface area contributed by atoms with E-state index in [1.54, 1.807) is 30.6 Å². The average Bonchev–Trinajstić information content (AvgIpc) is 3.01. The number of hydrogen-bond donors (Lipinski definition) is 1. The monoisotopic (exact) mass is 336 g/mol. The Morgan fingerprint density at radius 3 is 2.62 bits per heavy atom. The highest BCUT2D eigenvalue weighted by Crippen LogP contribution is 2.26. The molecule has 4 aromatic rings. The summed E-state index contributed by atoms with van der Waals surface area (Å²) in [6.07, 6.45) is 3.36. The molecule has 2 aromatic carbocycles. The molecule has 118 valence electrons. The Kier molecular flexibility index (Phi) is 3.63. The average molecular weight is 337 g/mol. The zero-order chi connectivity index (χ0) is 16.5. The van der Waals surface area contributed by atoms with Gasteiger partial charge in [-0.2, -0.15) is 0 Å². The number of nitrogens with one attached hydrogen (secondary N) is 1. The molecule has 0 fully saturated rings. The number of nitrogens with zero attached hydrogens (tertiary/aromatic N) is 3. The first kappa shape index (κ1) is 14.7. The smallest absolute Gasteiger partial charge is 0.230 e. The predicted octanol–water partition coefficient (Wildman–Crippen LogP) is 4.99. The second kappa shape index (κ2) is 5.94. The zero-order valence-corrected chi connectivity index (χ0v) is 13.6. The van der Waals surface area contributed by atoms with Crippen LogP contribution in [0.5, 0.6) is 0 Å². The van der Waals surface area contributed by atoms with Gasteiger partial charge in [-0.3, -0.25) is 0 Å². The van der Waals surface area contributed by atoms with Gasteiger partial charge in [0.15, 0.2) is 5.58 Å². The van der Waals surface area contributed by atoms with Gasteiger partial charge in [0.05, 0.1) is 5.56 Å². The second-order valence-corrected chi connectivity index (χ2v) is 5.80. The standard InChI is InChI=1S/C18H13ClN4O/c1-11-4-2-3-5-14(11)23-18-20-9-12(10-21-18)17-22-15-8-13(19)6-7-16(15)24-17/h2-10H,1H3,(H,20,21,23). The molecule has 0 unspecified atom stereocenters. The number of fused-ring (bicyclic) bond motifs is 1. The van der Waals surface area contributed by atoms with E-state index in [4.69, 9.17) is 16.0 Å². The molecule has 4 rings (SSSR count). The summed E-state index contributed by atoms with van der Waals surface area (Å²) in [6, 6.07) is 13.3. The van der Waals surface area contributed by atoms with E-state index in [0.29, 0.717) is 33.5 Å². The molecule has 0 amide bonds. The molecule has 2 heterocycles. The molecule has 0 radical (unpaired) electrons. The van der Waals surface area contributed by atoms with Crippen molar-refractivity contribution in [1.29, 1.82) is 0 Å². The zero-order valence-electron chi connectivity index (χ0n) is 12.8. The van der Waals surface area contributed by atoms with Crippen molar-refractivity contribution < 1.29 is 4.42 Å². The van der Waals surface area contributed by atoms with Crippen molar-refractivity contribution >= 4 is 34.3 Å². The van der Waals surface area contributed by atoms with Gasteiger partial charge in [0.1, 0.15) is 5.52 Å². The lowest BCUT2D eigenvalue weighted by atomic mass is 10.2. The maximum atomic E-state index is 5.97. The summed E-state index contributed by atoms with van der Waals surface area (Å²) in [6.45, 7) is 2.03. The van der Waals surface area contributed by atoms with Crippen LogP contribution in [0, 0.1) is 6.92 Å². The van der Waals surface area contributed by atoms with Gasteiger partial charge in [0.25, 0.3) is 0 Å². The lowest BCUT2D eigenvalue weighted by molar-refractivity contribution is 0.619. The molecule has 0 bridgehead atoms. The molecular weight excluding hydrogens is 324 g/mol. The largest absolute Gasteiger partial charge is 0.436 e. The van der Waals surface area contributed by atoms with Crippen LogP contribution in [0.1, 0.15) is 5.56 Å². The van der Waals surface area contributed by atoms with Crippen molar-refractivity contribution in [3.63, 3.8) is 0 Å². The Labute approximate surface area is 143 Å². The Balaban J connectivity index is 1.62. The van der Waals surface area contributed by atoms with Crippen LogP contribution in [0.4, 0.5) is 11.6 Å². The minimum Gasteiger partial charge on any atom is -0.436 e. The fourth-order valence-electron chi connectivity index (χ4n) is 2.36. The molecule has 0 saturated carbocycles. The number of para-hydroxylation sites is 1. The van der Waals surface area contributed by atoms with Crippen LogP contribution >= 0.6 is 11.6 Å². The van der Waals surface area contributed by atoms with Crippen molar-refractivity contribution in [2.75, 3.05) is 5.32 Å². The summed E-state index contributed by atoms with van der Waals surface area (Å²) in [5, 5.41) is 3.82. The van der Waals surface area contributed by atoms with E-state index in [-0.39, 0.29) is 0 Å². The van der Waals surface area contributed by atoms with E-state index in [2.05, 4.69) is 20.3 Å². The molecule has 0 aliphatic rings. The van der Waals surface area contributed by atoms with Crippen LogP contribution < -0.4 is 5.32 Å². The molecular formula is C18H13ClN4O. The van der Waals surface area contributed by atoms with Crippen LogP contribution in [0.3, 0.4) is 0 Å². The lowest BCUT2D eigenvalue weighted by Gasteiger charge is -2.07. The van der Waals surface area contributed by atoms with Gasteiger partial charge in [0.2, 0.25) is 11.8 Å². The van der Waals surface area contributed by atoms with Crippen molar-refractivity contribution in [2.24, 2.45) is 0 Å². The van der Waals surface area contributed by atoms with Crippen LogP contribution in [0.25, 0.3) is 22.6 Å². The van der Waals surface area contributed by atoms with Gasteiger partial charge in [-0.15, -0.1) is 0 Å². The molecule has 0 spiro atoms. The van der Waals surface area contributed by atoms with E-state index < -0.39 is 0 Å². The highest BCUT2D eigenvalue weighted by atomic mass is 35.5. The fourth-order valence-corrected chi connectivity index (χ4v) is 2.53. The summed E-state index contributed by atoms with van der Waals surface area (Å²) in [5.41, 5.74) is 4.19. The van der Waals surface area contributed by atoms with Crippen LogP contribution in [-0.2, 0) is 0 Å². The Morgan fingerprint density at radius 1 is 1.04 bits per heavy atom. The topological polar surface area (TPSA) is 63.8 Å². The maximum Gasteiger partial charge on any atom is 0.230 e. The second-order valence-electron chi connectivity index (χ2n) is 5.37. The number of hydrogen-bond acceptors (Lipinski definition) is 5.